The number of benzene rings is 2. The van der Waals surface area contributed by atoms with Gasteiger partial charge in [-0.1, -0.05) is 51.1 Å². The Balaban J connectivity index is 1.86. The monoisotopic (exact) mass is 568 g/mol. The number of aliphatic hydroxyl groups excluding tert-OH is 1. The SMILES string of the molecule is CC(C)CN(C[C@@H](O)[C@H](Cc1ccccc1)NC(=O)C(C)CS(C)(=O)=O)S(=O)(=O)c1ccc2c(c1)OCO2. The number of fused-ring (bicyclic) bond motifs is 1. The molecule has 1 amide bonds. The van der Waals surface area contributed by atoms with Gasteiger partial charge in [0, 0.05) is 31.3 Å². The molecule has 0 spiro atoms. The Kier molecular flexibility index (Phi) is 9.80. The van der Waals surface area contributed by atoms with Crippen molar-refractivity contribution >= 4 is 25.8 Å². The summed E-state index contributed by atoms with van der Waals surface area (Å²) in [6.45, 7) is 5.08. The van der Waals surface area contributed by atoms with Crippen LogP contribution in [0.1, 0.15) is 26.3 Å². The fourth-order valence-corrected chi connectivity index (χ4v) is 6.90. The molecule has 0 fully saturated rings. The molecule has 0 bridgehead atoms. The number of nitrogens with one attached hydrogen (secondary N) is 1. The molecule has 0 saturated heterocycles. The topological polar surface area (TPSA) is 139 Å². The second-order valence-corrected chi connectivity index (χ2v) is 14.2. The molecule has 210 valence electrons. The molecule has 2 aromatic rings. The number of amides is 1. The summed E-state index contributed by atoms with van der Waals surface area (Å²) in [4.78, 5) is 12.9. The summed E-state index contributed by atoms with van der Waals surface area (Å²) in [5.41, 5.74) is 0.821. The first kappa shape index (κ1) is 29.9. The maximum atomic E-state index is 13.6. The van der Waals surface area contributed by atoms with Crippen molar-refractivity contribution in [2.24, 2.45) is 11.8 Å². The van der Waals surface area contributed by atoms with E-state index in [1.165, 1.54) is 29.4 Å². The number of carbonyl (C=O) groups is 1. The van der Waals surface area contributed by atoms with E-state index in [4.69, 9.17) is 9.47 Å². The van der Waals surface area contributed by atoms with E-state index in [1.54, 1.807) is 0 Å². The highest BCUT2D eigenvalue weighted by Crippen LogP contribution is 2.34. The van der Waals surface area contributed by atoms with Crippen molar-refractivity contribution in [3.63, 3.8) is 0 Å². The third-order valence-corrected chi connectivity index (χ3v) is 8.97. The first-order valence-electron chi connectivity index (χ1n) is 12.4. The standard InChI is InChI=1S/C26H36N2O8S2/c1-18(2)14-28(38(33,34)21-10-11-24-25(13-21)36-17-35-24)15-23(29)22(12-20-8-6-5-7-9-20)27-26(30)19(3)16-37(4,31)32/h5-11,13,18-19,22-23,29H,12,14-17H2,1-4H3,(H,27,30)/t19?,22-,23+/m0/s1. The molecule has 0 aliphatic carbocycles. The summed E-state index contributed by atoms with van der Waals surface area (Å²) >= 11 is 0. The normalized spacial score (nSPS) is 15.9. The molecule has 3 atom stereocenters. The van der Waals surface area contributed by atoms with E-state index >= 15 is 0 Å². The van der Waals surface area contributed by atoms with Crippen molar-refractivity contribution in [2.75, 3.05) is 31.9 Å². The third kappa shape index (κ3) is 8.16. The number of ether oxygens (including phenoxy) is 2. The number of sulfone groups is 1. The van der Waals surface area contributed by atoms with Crippen LogP contribution >= 0.6 is 0 Å². The minimum absolute atomic E-state index is 0.0000181. The molecule has 2 aromatic carbocycles. The predicted octanol–water partition coefficient (Wildman–Crippen LogP) is 1.83. The molecule has 12 heteroatoms. The number of aliphatic hydroxyl groups is 1. The van der Waals surface area contributed by atoms with Crippen molar-refractivity contribution < 1.29 is 36.2 Å². The summed E-state index contributed by atoms with van der Waals surface area (Å²) in [6.07, 6.45) is -0.0105. The molecule has 1 aliphatic heterocycles. The summed E-state index contributed by atoms with van der Waals surface area (Å²) in [7, 11) is -7.44. The Hall–Kier alpha value is -2.67. The quantitative estimate of drug-likeness (QED) is 0.373. The van der Waals surface area contributed by atoms with Gasteiger partial charge in [0.05, 0.1) is 22.8 Å². The number of hydrogen-bond acceptors (Lipinski definition) is 8. The molecule has 0 radical (unpaired) electrons. The second kappa shape index (κ2) is 12.5. The molecule has 10 nitrogen and oxygen atoms in total. The van der Waals surface area contributed by atoms with E-state index in [2.05, 4.69) is 5.32 Å². The van der Waals surface area contributed by atoms with E-state index in [1.807, 2.05) is 44.2 Å². The van der Waals surface area contributed by atoms with Gasteiger partial charge >= 0.3 is 0 Å². The average Bonchev–Trinajstić information content (AvgIpc) is 3.30. The summed E-state index contributed by atoms with van der Waals surface area (Å²) < 4.78 is 62.5. The molecule has 0 saturated carbocycles. The van der Waals surface area contributed by atoms with Gasteiger partial charge in [-0.05, 0) is 30.0 Å². The maximum absolute atomic E-state index is 13.6. The first-order valence-corrected chi connectivity index (χ1v) is 15.9. The van der Waals surface area contributed by atoms with Crippen LogP contribution in [0.5, 0.6) is 11.5 Å². The second-order valence-electron chi connectivity index (χ2n) is 10.1. The van der Waals surface area contributed by atoms with E-state index in [-0.39, 0.29) is 42.9 Å². The lowest BCUT2D eigenvalue weighted by Crippen LogP contribution is -2.52. The van der Waals surface area contributed by atoms with Crippen LogP contribution in [0.4, 0.5) is 0 Å². The molecular formula is C26H36N2O8S2. The van der Waals surface area contributed by atoms with Gasteiger partial charge < -0.3 is 19.9 Å². The lowest BCUT2D eigenvalue weighted by molar-refractivity contribution is -0.125. The van der Waals surface area contributed by atoms with Crippen LogP contribution in [0.15, 0.2) is 53.4 Å². The molecule has 1 unspecified atom stereocenters. The minimum atomic E-state index is -4.04. The van der Waals surface area contributed by atoms with Gasteiger partial charge in [0.25, 0.3) is 0 Å². The van der Waals surface area contributed by atoms with Crippen LogP contribution in [0.3, 0.4) is 0 Å². The van der Waals surface area contributed by atoms with Crippen LogP contribution in [0, 0.1) is 11.8 Å². The van der Waals surface area contributed by atoms with Crippen molar-refractivity contribution in [3.8, 4) is 11.5 Å². The van der Waals surface area contributed by atoms with Crippen LogP contribution in [0.2, 0.25) is 0 Å². The van der Waals surface area contributed by atoms with Crippen LogP contribution in [0.25, 0.3) is 0 Å². The van der Waals surface area contributed by atoms with Gasteiger partial charge in [-0.2, -0.15) is 4.31 Å². The highest BCUT2D eigenvalue weighted by molar-refractivity contribution is 7.90. The Morgan fingerprint density at radius 3 is 2.29 bits per heavy atom. The first-order chi connectivity index (χ1) is 17.8. The molecule has 1 aliphatic rings. The lowest BCUT2D eigenvalue weighted by Gasteiger charge is -2.31. The fraction of sp³-hybridized carbons (Fsp3) is 0.500. The zero-order valence-electron chi connectivity index (χ0n) is 22.0. The third-order valence-electron chi connectivity index (χ3n) is 6.03. The number of rotatable bonds is 13. The predicted molar refractivity (Wildman–Crippen MR) is 143 cm³/mol. The number of nitrogens with zero attached hydrogens (tertiary/aromatic N) is 1. The van der Waals surface area contributed by atoms with E-state index in [9.17, 15) is 26.7 Å². The average molecular weight is 569 g/mol. The van der Waals surface area contributed by atoms with Crippen molar-refractivity contribution in [2.45, 2.75) is 44.2 Å². The highest BCUT2D eigenvalue weighted by atomic mass is 32.2. The van der Waals surface area contributed by atoms with Gasteiger partial charge in [0.15, 0.2) is 11.5 Å². The Labute approximate surface area is 224 Å². The largest absolute Gasteiger partial charge is 0.454 e. The lowest BCUT2D eigenvalue weighted by atomic mass is 10.00. The highest BCUT2D eigenvalue weighted by Gasteiger charge is 2.33. The summed E-state index contributed by atoms with van der Waals surface area (Å²) in [5, 5.41) is 14.1. The maximum Gasteiger partial charge on any atom is 0.243 e. The zero-order valence-corrected chi connectivity index (χ0v) is 23.7. The Morgan fingerprint density at radius 1 is 1.00 bits per heavy atom. The molecule has 3 rings (SSSR count). The summed E-state index contributed by atoms with van der Waals surface area (Å²) in [6, 6.07) is 12.6. The fourth-order valence-electron chi connectivity index (χ4n) is 4.21. The number of hydrogen-bond donors (Lipinski definition) is 2. The van der Waals surface area contributed by atoms with Gasteiger partial charge in [0.1, 0.15) is 9.84 Å². The smallest absolute Gasteiger partial charge is 0.243 e. The van der Waals surface area contributed by atoms with Crippen molar-refractivity contribution in [3.05, 3.63) is 54.1 Å². The van der Waals surface area contributed by atoms with E-state index < -0.39 is 43.8 Å². The number of sulfonamides is 1. The van der Waals surface area contributed by atoms with Crippen LogP contribution < -0.4 is 14.8 Å². The van der Waals surface area contributed by atoms with Gasteiger partial charge in [-0.3, -0.25) is 4.79 Å². The molecule has 2 N–H and O–H groups in total. The van der Waals surface area contributed by atoms with E-state index in [0.717, 1.165) is 11.8 Å². The van der Waals surface area contributed by atoms with Gasteiger partial charge in [-0.25, -0.2) is 16.8 Å². The molecular weight excluding hydrogens is 532 g/mol. The van der Waals surface area contributed by atoms with Crippen LogP contribution in [-0.2, 0) is 31.1 Å². The summed E-state index contributed by atoms with van der Waals surface area (Å²) in [5.74, 6) is -1.00. The van der Waals surface area contributed by atoms with Gasteiger partial charge in [-0.15, -0.1) is 0 Å². The van der Waals surface area contributed by atoms with E-state index in [0.29, 0.717) is 11.5 Å². The number of carbonyl (C=O) groups excluding carboxylic acids is 1. The molecule has 1 heterocycles. The molecule has 0 aromatic heterocycles. The Bertz CT molecular complexity index is 1310. The van der Waals surface area contributed by atoms with Crippen molar-refractivity contribution in [1.82, 2.24) is 9.62 Å². The minimum Gasteiger partial charge on any atom is -0.454 e. The van der Waals surface area contributed by atoms with Crippen molar-refractivity contribution in [1.29, 1.82) is 0 Å². The van der Waals surface area contributed by atoms with Gasteiger partial charge in [0.2, 0.25) is 22.7 Å². The zero-order chi connectivity index (χ0) is 28.1. The van der Waals surface area contributed by atoms with Crippen LogP contribution in [-0.4, -0.2) is 76.2 Å². The Morgan fingerprint density at radius 2 is 1.66 bits per heavy atom. The molecule has 38 heavy (non-hydrogen) atoms.